The number of hydrogen-bond acceptors (Lipinski definition) is 4. The number of ether oxygens (including phenoxy) is 1. The van der Waals surface area contributed by atoms with Crippen LogP contribution in [0.25, 0.3) is 0 Å². The summed E-state index contributed by atoms with van der Waals surface area (Å²) in [6.45, 7) is 4.81. The highest BCUT2D eigenvalue weighted by Crippen LogP contribution is 2.10. The second kappa shape index (κ2) is 7.21. The molecule has 0 spiro atoms. The average molecular weight is 250 g/mol. The Hall–Kier alpha value is -0.170. The molecule has 0 aromatic rings. The van der Waals surface area contributed by atoms with E-state index in [1.54, 1.807) is 0 Å². The Morgan fingerprint density at radius 3 is 2.88 bits per heavy atom. The number of hydrogen-bond donors (Lipinski definition) is 2. The molecule has 2 N–H and O–H groups in total. The van der Waals surface area contributed by atoms with E-state index in [1.165, 1.54) is 0 Å². The zero-order valence-electron chi connectivity index (χ0n) is 9.87. The molecule has 0 aliphatic carbocycles. The van der Waals surface area contributed by atoms with Crippen molar-refractivity contribution in [3.63, 3.8) is 0 Å². The van der Waals surface area contributed by atoms with Crippen LogP contribution in [-0.2, 0) is 14.8 Å². The molecule has 1 aliphatic rings. The van der Waals surface area contributed by atoms with Crippen LogP contribution in [0.15, 0.2) is 0 Å². The maximum Gasteiger partial charge on any atom is 0.211 e. The van der Waals surface area contributed by atoms with E-state index in [-0.39, 0.29) is 11.9 Å². The van der Waals surface area contributed by atoms with Crippen LogP contribution in [0.5, 0.6) is 0 Å². The molecule has 96 valence electrons. The summed E-state index contributed by atoms with van der Waals surface area (Å²) in [4.78, 5) is 0. The highest BCUT2D eigenvalue weighted by molar-refractivity contribution is 7.89. The van der Waals surface area contributed by atoms with Crippen molar-refractivity contribution in [3.8, 4) is 0 Å². The smallest absolute Gasteiger partial charge is 0.211 e. The van der Waals surface area contributed by atoms with E-state index in [0.29, 0.717) is 13.0 Å². The predicted octanol–water partition coefficient (Wildman–Crippen LogP) is 0.0844. The Balaban J connectivity index is 2.12. The molecule has 0 aromatic carbocycles. The van der Waals surface area contributed by atoms with Gasteiger partial charge in [-0.3, -0.25) is 0 Å². The zero-order valence-corrected chi connectivity index (χ0v) is 10.7. The second-order valence-electron chi connectivity index (χ2n) is 4.01. The molecule has 1 saturated heterocycles. The van der Waals surface area contributed by atoms with Crippen LogP contribution in [0, 0.1) is 0 Å². The molecule has 1 atom stereocenters. The van der Waals surface area contributed by atoms with Gasteiger partial charge in [0.25, 0.3) is 0 Å². The van der Waals surface area contributed by atoms with E-state index in [1.807, 2.05) is 6.92 Å². The molecule has 0 amide bonds. The standard InChI is InChI=1S/C10H22N2O3S/c1-2-11-6-4-8-16(13,14)12-9-10-5-3-7-15-10/h10-12H,2-9H2,1H3. The molecular formula is C10H22N2O3S. The lowest BCUT2D eigenvalue weighted by Gasteiger charge is -2.11. The predicted molar refractivity (Wildman–Crippen MR) is 63.9 cm³/mol. The first-order valence-electron chi connectivity index (χ1n) is 5.93. The minimum atomic E-state index is -3.12. The maximum atomic E-state index is 11.6. The summed E-state index contributed by atoms with van der Waals surface area (Å²) in [5.74, 6) is 0.187. The van der Waals surface area contributed by atoms with Crippen LogP contribution in [0.4, 0.5) is 0 Å². The topological polar surface area (TPSA) is 67.4 Å². The fraction of sp³-hybridized carbons (Fsp3) is 1.00. The lowest BCUT2D eigenvalue weighted by Crippen LogP contribution is -2.34. The largest absolute Gasteiger partial charge is 0.377 e. The van der Waals surface area contributed by atoms with Gasteiger partial charge in [-0.15, -0.1) is 0 Å². The first-order chi connectivity index (χ1) is 7.64. The van der Waals surface area contributed by atoms with Gasteiger partial charge in [-0.1, -0.05) is 6.92 Å². The maximum absolute atomic E-state index is 11.6. The van der Waals surface area contributed by atoms with Gasteiger partial charge in [0, 0.05) is 13.2 Å². The Bertz CT molecular complexity index is 274. The average Bonchev–Trinajstić information content (AvgIpc) is 2.75. The molecule has 0 saturated carbocycles. The van der Waals surface area contributed by atoms with Crippen molar-refractivity contribution in [2.75, 3.05) is 32.0 Å². The fourth-order valence-electron chi connectivity index (χ4n) is 1.66. The lowest BCUT2D eigenvalue weighted by atomic mass is 10.2. The van der Waals surface area contributed by atoms with Crippen molar-refractivity contribution in [1.29, 1.82) is 0 Å². The third kappa shape index (κ3) is 5.79. The molecule has 6 heteroatoms. The van der Waals surface area contributed by atoms with E-state index in [0.717, 1.165) is 32.5 Å². The molecule has 1 heterocycles. The molecule has 0 bridgehead atoms. The summed E-state index contributed by atoms with van der Waals surface area (Å²) in [6.07, 6.45) is 2.71. The Morgan fingerprint density at radius 1 is 1.44 bits per heavy atom. The van der Waals surface area contributed by atoms with Crippen LogP contribution >= 0.6 is 0 Å². The summed E-state index contributed by atoms with van der Waals surface area (Å²) in [6, 6.07) is 0. The normalized spacial score (nSPS) is 21.4. The van der Waals surface area contributed by atoms with Crippen LogP contribution in [0.2, 0.25) is 0 Å². The number of rotatable bonds is 8. The molecule has 1 unspecified atom stereocenters. The van der Waals surface area contributed by atoms with Gasteiger partial charge in [0.2, 0.25) is 10.0 Å². The highest BCUT2D eigenvalue weighted by atomic mass is 32.2. The van der Waals surface area contributed by atoms with Gasteiger partial charge >= 0.3 is 0 Å². The fourth-order valence-corrected chi connectivity index (χ4v) is 2.77. The Labute approximate surface area is 98.0 Å². The van der Waals surface area contributed by atoms with E-state index in [2.05, 4.69) is 10.0 Å². The first-order valence-corrected chi connectivity index (χ1v) is 7.59. The molecule has 1 fully saturated rings. The van der Waals surface area contributed by atoms with Crippen LogP contribution in [0.1, 0.15) is 26.2 Å². The Kier molecular flexibility index (Phi) is 6.26. The molecular weight excluding hydrogens is 228 g/mol. The molecule has 1 aliphatic heterocycles. The number of sulfonamides is 1. The van der Waals surface area contributed by atoms with Gasteiger partial charge < -0.3 is 10.1 Å². The molecule has 5 nitrogen and oxygen atoms in total. The van der Waals surface area contributed by atoms with Crippen LogP contribution < -0.4 is 10.0 Å². The molecule has 0 radical (unpaired) electrons. The van der Waals surface area contributed by atoms with Gasteiger partial charge in [-0.2, -0.15) is 0 Å². The first kappa shape index (κ1) is 13.9. The van der Waals surface area contributed by atoms with Crippen LogP contribution in [-0.4, -0.2) is 46.5 Å². The quantitative estimate of drug-likeness (QED) is 0.599. The SMILES string of the molecule is CCNCCCS(=O)(=O)NCC1CCCO1. The van der Waals surface area contributed by atoms with Crippen molar-refractivity contribution >= 4 is 10.0 Å². The Morgan fingerprint density at radius 2 is 2.25 bits per heavy atom. The highest BCUT2D eigenvalue weighted by Gasteiger charge is 2.18. The van der Waals surface area contributed by atoms with E-state index in [9.17, 15) is 8.42 Å². The molecule has 1 rings (SSSR count). The van der Waals surface area contributed by atoms with Gasteiger partial charge in [0.05, 0.1) is 11.9 Å². The van der Waals surface area contributed by atoms with Crippen molar-refractivity contribution in [2.24, 2.45) is 0 Å². The molecule has 0 aromatic heterocycles. The summed E-state index contributed by atoms with van der Waals surface area (Å²) in [7, 11) is -3.12. The van der Waals surface area contributed by atoms with Gasteiger partial charge in [0.15, 0.2) is 0 Å². The third-order valence-corrected chi connectivity index (χ3v) is 4.00. The third-order valence-electron chi connectivity index (χ3n) is 2.57. The van der Waals surface area contributed by atoms with Gasteiger partial charge in [-0.05, 0) is 32.4 Å². The molecule has 16 heavy (non-hydrogen) atoms. The monoisotopic (exact) mass is 250 g/mol. The minimum Gasteiger partial charge on any atom is -0.377 e. The second-order valence-corrected chi connectivity index (χ2v) is 5.94. The van der Waals surface area contributed by atoms with Crippen LogP contribution in [0.3, 0.4) is 0 Å². The van der Waals surface area contributed by atoms with Gasteiger partial charge in [0.1, 0.15) is 0 Å². The van der Waals surface area contributed by atoms with E-state index >= 15 is 0 Å². The summed E-state index contributed by atoms with van der Waals surface area (Å²) >= 11 is 0. The summed E-state index contributed by atoms with van der Waals surface area (Å²) < 4.78 is 31.1. The van der Waals surface area contributed by atoms with E-state index < -0.39 is 10.0 Å². The van der Waals surface area contributed by atoms with Crippen molar-refractivity contribution in [3.05, 3.63) is 0 Å². The van der Waals surface area contributed by atoms with E-state index in [4.69, 9.17) is 4.74 Å². The summed E-state index contributed by atoms with van der Waals surface area (Å²) in [5, 5.41) is 3.10. The van der Waals surface area contributed by atoms with Gasteiger partial charge in [-0.25, -0.2) is 13.1 Å². The summed E-state index contributed by atoms with van der Waals surface area (Å²) in [5.41, 5.74) is 0. The minimum absolute atomic E-state index is 0.0727. The number of nitrogens with one attached hydrogen (secondary N) is 2. The lowest BCUT2D eigenvalue weighted by molar-refractivity contribution is 0.114. The van der Waals surface area contributed by atoms with Crippen molar-refractivity contribution in [1.82, 2.24) is 10.0 Å². The van der Waals surface area contributed by atoms with Crippen molar-refractivity contribution < 1.29 is 13.2 Å². The zero-order chi connectivity index (χ0) is 11.9. The van der Waals surface area contributed by atoms with Crippen molar-refractivity contribution in [2.45, 2.75) is 32.3 Å².